The molecule has 0 fully saturated rings. The van der Waals surface area contributed by atoms with Crippen LogP contribution in [-0.4, -0.2) is 22.0 Å². The van der Waals surface area contributed by atoms with Crippen LogP contribution in [0, 0.1) is 5.82 Å². The number of nitrogens with zero attached hydrogens (tertiary/aromatic N) is 1. The molecular formula is C13H8ClFN2O3. The molecule has 2 N–H and O–H groups in total. The van der Waals surface area contributed by atoms with Gasteiger partial charge in [-0.15, -0.1) is 0 Å². The number of carbonyl (C=O) groups is 2. The molecule has 2 rings (SSSR count). The molecule has 2 aromatic rings. The number of carbonyl (C=O) groups excluding carboxylic acids is 1. The van der Waals surface area contributed by atoms with E-state index in [0.29, 0.717) is 0 Å². The number of halogens is 2. The molecule has 0 saturated heterocycles. The van der Waals surface area contributed by atoms with Crippen molar-refractivity contribution < 1.29 is 19.1 Å². The molecule has 5 nitrogen and oxygen atoms in total. The molecule has 1 aromatic heterocycles. The van der Waals surface area contributed by atoms with Crippen molar-refractivity contribution in [3.63, 3.8) is 0 Å². The van der Waals surface area contributed by atoms with Crippen molar-refractivity contribution in [3.05, 3.63) is 58.6 Å². The standard InChI is InChI=1S/C13H8ClFN2O3/c14-9-5-7(1-2-10(9)15)12(18)17-11-6-16-4-3-8(11)13(19)20/h1-6H,(H,17,18)(H,19,20). The number of amides is 1. The maximum Gasteiger partial charge on any atom is 0.337 e. The van der Waals surface area contributed by atoms with E-state index in [1.807, 2.05) is 0 Å². The molecular weight excluding hydrogens is 287 g/mol. The summed E-state index contributed by atoms with van der Waals surface area (Å²) in [4.78, 5) is 26.7. The zero-order chi connectivity index (χ0) is 14.7. The monoisotopic (exact) mass is 294 g/mol. The average Bonchev–Trinajstić information content (AvgIpc) is 2.42. The summed E-state index contributed by atoms with van der Waals surface area (Å²) in [5, 5.41) is 11.2. The van der Waals surface area contributed by atoms with Gasteiger partial charge in [-0.2, -0.15) is 0 Å². The molecule has 1 aromatic carbocycles. The maximum atomic E-state index is 13.0. The van der Waals surface area contributed by atoms with Crippen LogP contribution in [0.1, 0.15) is 20.7 Å². The molecule has 0 aliphatic heterocycles. The van der Waals surface area contributed by atoms with Crippen molar-refractivity contribution in [1.29, 1.82) is 0 Å². The highest BCUT2D eigenvalue weighted by Gasteiger charge is 2.14. The fraction of sp³-hybridized carbons (Fsp3) is 0. The molecule has 7 heteroatoms. The third-order valence-electron chi connectivity index (χ3n) is 2.48. The van der Waals surface area contributed by atoms with E-state index in [0.717, 1.165) is 12.1 Å². The van der Waals surface area contributed by atoms with Crippen LogP contribution < -0.4 is 5.32 Å². The number of carboxylic acids is 1. The molecule has 0 aliphatic carbocycles. The lowest BCUT2D eigenvalue weighted by molar-refractivity contribution is 0.0698. The number of carboxylic acid groups (broad SMARTS) is 1. The van der Waals surface area contributed by atoms with E-state index < -0.39 is 17.7 Å². The lowest BCUT2D eigenvalue weighted by Gasteiger charge is -2.08. The van der Waals surface area contributed by atoms with Gasteiger partial charge in [-0.1, -0.05) is 11.6 Å². The Hall–Kier alpha value is -2.47. The minimum absolute atomic E-state index is 0.0467. The maximum absolute atomic E-state index is 13.0. The summed E-state index contributed by atoms with van der Waals surface area (Å²) in [6.45, 7) is 0. The van der Waals surface area contributed by atoms with Gasteiger partial charge in [-0.25, -0.2) is 9.18 Å². The number of aromatic carboxylic acids is 1. The summed E-state index contributed by atoms with van der Waals surface area (Å²) in [5.74, 6) is -2.45. The van der Waals surface area contributed by atoms with Crippen LogP contribution in [0.2, 0.25) is 5.02 Å². The molecule has 102 valence electrons. The number of pyridine rings is 1. The van der Waals surface area contributed by atoms with Gasteiger partial charge in [0.05, 0.1) is 22.5 Å². The first-order valence-electron chi connectivity index (χ1n) is 5.42. The third kappa shape index (κ3) is 2.92. The first-order chi connectivity index (χ1) is 9.49. The number of hydrogen-bond acceptors (Lipinski definition) is 3. The van der Waals surface area contributed by atoms with Gasteiger partial charge in [-0.05, 0) is 24.3 Å². The minimum Gasteiger partial charge on any atom is -0.478 e. The van der Waals surface area contributed by atoms with Gasteiger partial charge in [0.25, 0.3) is 5.91 Å². The van der Waals surface area contributed by atoms with Crippen molar-refractivity contribution in [1.82, 2.24) is 4.98 Å². The van der Waals surface area contributed by atoms with Crippen LogP contribution in [0.15, 0.2) is 36.7 Å². The number of hydrogen-bond donors (Lipinski definition) is 2. The van der Waals surface area contributed by atoms with Crippen LogP contribution >= 0.6 is 11.6 Å². The van der Waals surface area contributed by atoms with Gasteiger partial charge >= 0.3 is 5.97 Å². The van der Waals surface area contributed by atoms with E-state index in [-0.39, 0.29) is 21.8 Å². The van der Waals surface area contributed by atoms with E-state index in [1.54, 1.807) is 0 Å². The van der Waals surface area contributed by atoms with Gasteiger partial charge in [0.1, 0.15) is 5.82 Å². The van der Waals surface area contributed by atoms with Crippen molar-refractivity contribution in [2.75, 3.05) is 5.32 Å². The summed E-state index contributed by atoms with van der Waals surface area (Å²) in [6, 6.07) is 4.71. The van der Waals surface area contributed by atoms with E-state index in [1.165, 1.54) is 24.5 Å². The normalized spacial score (nSPS) is 10.1. The molecule has 20 heavy (non-hydrogen) atoms. The second kappa shape index (κ2) is 5.66. The average molecular weight is 295 g/mol. The van der Waals surface area contributed by atoms with E-state index >= 15 is 0 Å². The summed E-state index contributed by atoms with van der Waals surface area (Å²) in [7, 11) is 0. The Morgan fingerprint density at radius 3 is 2.70 bits per heavy atom. The summed E-state index contributed by atoms with van der Waals surface area (Å²) >= 11 is 5.58. The van der Waals surface area contributed by atoms with Crippen LogP contribution in [-0.2, 0) is 0 Å². The largest absolute Gasteiger partial charge is 0.478 e. The number of anilines is 1. The lowest BCUT2D eigenvalue weighted by atomic mass is 10.2. The zero-order valence-electron chi connectivity index (χ0n) is 9.93. The Morgan fingerprint density at radius 2 is 2.05 bits per heavy atom. The van der Waals surface area contributed by atoms with Crippen molar-refractivity contribution >= 4 is 29.2 Å². The van der Waals surface area contributed by atoms with E-state index in [2.05, 4.69) is 10.3 Å². The lowest BCUT2D eigenvalue weighted by Crippen LogP contribution is -2.15. The molecule has 0 unspecified atom stereocenters. The predicted octanol–water partition coefficient (Wildman–Crippen LogP) is 2.82. The van der Waals surface area contributed by atoms with Gasteiger partial charge in [0.2, 0.25) is 0 Å². The fourth-order valence-electron chi connectivity index (χ4n) is 1.51. The molecule has 0 atom stereocenters. The van der Waals surface area contributed by atoms with Crippen LogP contribution in [0.5, 0.6) is 0 Å². The second-order valence-corrected chi connectivity index (χ2v) is 4.22. The summed E-state index contributed by atoms with van der Waals surface area (Å²) < 4.78 is 13.0. The van der Waals surface area contributed by atoms with Crippen molar-refractivity contribution in [2.45, 2.75) is 0 Å². The highest BCUT2D eigenvalue weighted by molar-refractivity contribution is 6.31. The highest BCUT2D eigenvalue weighted by Crippen LogP contribution is 2.18. The van der Waals surface area contributed by atoms with E-state index in [9.17, 15) is 14.0 Å². The Balaban J connectivity index is 2.28. The Kier molecular flexibility index (Phi) is 3.95. The quantitative estimate of drug-likeness (QED) is 0.912. The second-order valence-electron chi connectivity index (χ2n) is 3.81. The summed E-state index contributed by atoms with van der Waals surface area (Å²) in [5.41, 5.74) is 0.0589. The van der Waals surface area contributed by atoms with Gasteiger partial charge in [0, 0.05) is 11.8 Å². The van der Waals surface area contributed by atoms with Crippen LogP contribution in [0.25, 0.3) is 0 Å². The predicted molar refractivity (Wildman–Crippen MR) is 70.6 cm³/mol. The number of rotatable bonds is 3. The Morgan fingerprint density at radius 1 is 1.30 bits per heavy atom. The SMILES string of the molecule is O=C(Nc1cnccc1C(=O)O)c1ccc(F)c(Cl)c1. The highest BCUT2D eigenvalue weighted by atomic mass is 35.5. The van der Waals surface area contributed by atoms with E-state index in [4.69, 9.17) is 16.7 Å². The number of benzene rings is 1. The summed E-state index contributed by atoms with van der Waals surface area (Å²) in [6.07, 6.45) is 2.51. The number of aromatic nitrogens is 1. The Labute approximate surface area is 118 Å². The first-order valence-corrected chi connectivity index (χ1v) is 5.80. The smallest absolute Gasteiger partial charge is 0.337 e. The molecule has 0 radical (unpaired) electrons. The van der Waals surface area contributed by atoms with Crippen LogP contribution in [0.3, 0.4) is 0 Å². The Bertz CT molecular complexity index is 691. The molecule has 0 bridgehead atoms. The molecule has 1 heterocycles. The minimum atomic E-state index is -1.19. The fourth-order valence-corrected chi connectivity index (χ4v) is 1.69. The van der Waals surface area contributed by atoms with Gasteiger partial charge in [0.15, 0.2) is 0 Å². The third-order valence-corrected chi connectivity index (χ3v) is 2.77. The van der Waals surface area contributed by atoms with Crippen molar-refractivity contribution in [2.24, 2.45) is 0 Å². The zero-order valence-corrected chi connectivity index (χ0v) is 10.7. The van der Waals surface area contributed by atoms with Crippen molar-refractivity contribution in [3.8, 4) is 0 Å². The first kappa shape index (κ1) is 14.0. The molecule has 1 amide bonds. The molecule has 0 saturated carbocycles. The topological polar surface area (TPSA) is 79.3 Å². The molecule has 0 spiro atoms. The van der Waals surface area contributed by atoms with Crippen LogP contribution in [0.4, 0.5) is 10.1 Å². The van der Waals surface area contributed by atoms with Gasteiger partial charge < -0.3 is 10.4 Å². The van der Waals surface area contributed by atoms with Gasteiger partial charge in [-0.3, -0.25) is 9.78 Å². The molecule has 0 aliphatic rings. The number of nitrogens with one attached hydrogen (secondary N) is 1.